The Bertz CT molecular complexity index is 890. The zero-order valence-corrected chi connectivity index (χ0v) is 16.4. The number of hydrogen-bond donors (Lipinski definition) is 1. The van der Waals surface area contributed by atoms with Gasteiger partial charge in [0, 0.05) is 17.3 Å². The Morgan fingerprint density at radius 2 is 2.07 bits per heavy atom. The Kier molecular flexibility index (Phi) is 5.60. The summed E-state index contributed by atoms with van der Waals surface area (Å²) in [6, 6.07) is 8.57. The van der Waals surface area contributed by atoms with Crippen LogP contribution in [-0.2, 0) is 20.7 Å². The van der Waals surface area contributed by atoms with Crippen molar-refractivity contribution in [1.82, 2.24) is 0 Å². The molecule has 1 aliphatic heterocycles. The summed E-state index contributed by atoms with van der Waals surface area (Å²) in [7, 11) is 0. The lowest BCUT2D eigenvalue weighted by Gasteiger charge is -2.27. The number of fused-ring (bicyclic) bond motifs is 1. The lowest BCUT2D eigenvalue weighted by molar-refractivity contribution is -0.122. The summed E-state index contributed by atoms with van der Waals surface area (Å²) >= 11 is 1.39. The fourth-order valence-electron chi connectivity index (χ4n) is 3.21. The molecule has 3 rings (SSSR count). The number of aryl methyl sites for hydroxylation is 2. The van der Waals surface area contributed by atoms with E-state index in [9.17, 15) is 14.4 Å². The highest BCUT2D eigenvalue weighted by atomic mass is 32.1. The number of para-hydroxylation sites is 2. The van der Waals surface area contributed by atoms with Gasteiger partial charge in [-0.25, -0.2) is 4.79 Å². The van der Waals surface area contributed by atoms with E-state index in [1.807, 2.05) is 13.8 Å². The molecular weight excluding hydrogens is 364 g/mol. The fraction of sp³-hybridized carbons (Fsp3) is 0.350. The Morgan fingerprint density at radius 3 is 2.78 bits per heavy atom. The van der Waals surface area contributed by atoms with E-state index >= 15 is 0 Å². The van der Waals surface area contributed by atoms with Crippen LogP contribution in [0.1, 0.15) is 40.4 Å². The molecule has 0 radical (unpaired) electrons. The van der Waals surface area contributed by atoms with Gasteiger partial charge in [-0.15, -0.1) is 11.3 Å². The largest absolute Gasteiger partial charge is 0.451 e. The fourth-order valence-corrected chi connectivity index (χ4v) is 4.21. The molecule has 0 spiro atoms. The highest BCUT2D eigenvalue weighted by molar-refractivity contribution is 7.14. The summed E-state index contributed by atoms with van der Waals surface area (Å²) in [4.78, 5) is 40.3. The third-order valence-electron chi connectivity index (χ3n) is 4.50. The van der Waals surface area contributed by atoms with Crippen LogP contribution in [0, 0.1) is 6.92 Å². The molecule has 0 aliphatic carbocycles. The number of esters is 1. The first kappa shape index (κ1) is 19.1. The topological polar surface area (TPSA) is 75.7 Å². The normalized spacial score (nSPS) is 16.3. The van der Waals surface area contributed by atoms with Gasteiger partial charge in [-0.2, -0.15) is 0 Å². The van der Waals surface area contributed by atoms with Crippen LogP contribution in [0.4, 0.5) is 11.4 Å². The van der Waals surface area contributed by atoms with Crippen molar-refractivity contribution in [2.24, 2.45) is 0 Å². The number of carbonyl (C=O) groups excluding carboxylic acids is 3. The Labute approximate surface area is 162 Å². The minimum Gasteiger partial charge on any atom is -0.451 e. The predicted octanol–water partition coefficient (Wildman–Crippen LogP) is 3.54. The predicted molar refractivity (Wildman–Crippen MR) is 105 cm³/mol. The monoisotopic (exact) mass is 386 g/mol. The molecule has 1 unspecified atom stereocenters. The number of ether oxygens (including phenoxy) is 1. The van der Waals surface area contributed by atoms with Crippen LogP contribution in [-0.4, -0.2) is 30.4 Å². The summed E-state index contributed by atoms with van der Waals surface area (Å²) in [5.74, 6) is -1.01. The van der Waals surface area contributed by atoms with Gasteiger partial charge in [0.15, 0.2) is 6.61 Å². The Balaban J connectivity index is 1.75. The molecule has 0 saturated heterocycles. The molecule has 0 bridgehead atoms. The van der Waals surface area contributed by atoms with E-state index in [1.54, 1.807) is 37.3 Å². The number of carbonyl (C=O) groups is 3. The van der Waals surface area contributed by atoms with Crippen LogP contribution in [0.3, 0.4) is 0 Å². The van der Waals surface area contributed by atoms with Gasteiger partial charge >= 0.3 is 5.97 Å². The van der Waals surface area contributed by atoms with Crippen LogP contribution >= 0.6 is 11.3 Å². The van der Waals surface area contributed by atoms with Gasteiger partial charge < -0.3 is 15.0 Å². The van der Waals surface area contributed by atoms with Gasteiger partial charge in [-0.1, -0.05) is 19.1 Å². The number of benzene rings is 1. The first-order valence-corrected chi connectivity index (χ1v) is 9.69. The number of amides is 2. The summed E-state index contributed by atoms with van der Waals surface area (Å²) in [5, 5.41) is 2.80. The van der Waals surface area contributed by atoms with Crippen LogP contribution < -0.4 is 10.2 Å². The molecule has 0 saturated carbocycles. The first-order chi connectivity index (χ1) is 12.9. The van der Waals surface area contributed by atoms with Crippen molar-refractivity contribution in [3.63, 3.8) is 0 Å². The number of nitrogens with one attached hydrogen (secondary N) is 1. The van der Waals surface area contributed by atoms with E-state index in [2.05, 4.69) is 5.32 Å². The molecule has 1 aromatic carbocycles. The summed E-state index contributed by atoms with van der Waals surface area (Å²) in [5.41, 5.74) is 2.24. The third-order valence-corrected chi connectivity index (χ3v) is 5.86. The zero-order valence-electron chi connectivity index (χ0n) is 15.6. The molecule has 1 aliphatic rings. The SMILES string of the molecule is CCc1sc(C(=O)OCC(=O)N2c3ccccc3NC(=O)CC2C)cc1C. The smallest absolute Gasteiger partial charge is 0.348 e. The summed E-state index contributed by atoms with van der Waals surface area (Å²) in [6.07, 6.45) is 1.03. The maximum Gasteiger partial charge on any atom is 0.348 e. The molecule has 1 aromatic heterocycles. The Hall–Kier alpha value is -2.67. The lowest BCUT2D eigenvalue weighted by Crippen LogP contribution is -2.41. The molecule has 2 heterocycles. The van der Waals surface area contributed by atoms with Crippen molar-refractivity contribution in [2.45, 2.75) is 39.7 Å². The minimum absolute atomic E-state index is 0.150. The highest BCUT2D eigenvalue weighted by Crippen LogP contribution is 2.31. The lowest BCUT2D eigenvalue weighted by atomic mass is 10.1. The van der Waals surface area contributed by atoms with Crippen molar-refractivity contribution in [1.29, 1.82) is 0 Å². The maximum absolute atomic E-state index is 12.8. The van der Waals surface area contributed by atoms with Crippen molar-refractivity contribution < 1.29 is 19.1 Å². The number of nitrogens with zero attached hydrogens (tertiary/aromatic N) is 1. The molecule has 0 fully saturated rings. The van der Waals surface area contributed by atoms with Crippen molar-refractivity contribution in [2.75, 3.05) is 16.8 Å². The number of anilines is 2. The third kappa shape index (κ3) is 4.03. The quantitative estimate of drug-likeness (QED) is 0.816. The van der Waals surface area contributed by atoms with Crippen LogP contribution in [0.2, 0.25) is 0 Å². The summed E-state index contributed by atoms with van der Waals surface area (Å²) in [6.45, 7) is 5.42. The van der Waals surface area contributed by atoms with Gasteiger partial charge in [0.05, 0.1) is 11.4 Å². The van der Waals surface area contributed by atoms with Gasteiger partial charge in [0.1, 0.15) is 4.88 Å². The van der Waals surface area contributed by atoms with Gasteiger partial charge in [-0.05, 0) is 44.0 Å². The molecular formula is C20H22N2O4S. The van der Waals surface area contributed by atoms with E-state index in [0.717, 1.165) is 16.9 Å². The second-order valence-corrected chi connectivity index (χ2v) is 7.67. The first-order valence-electron chi connectivity index (χ1n) is 8.88. The molecule has 7 heteroatoms. The average Bonchev–Trinajstić information content (AvgIpc) is 2.95. The maximum atomic E-state index is 12.8. The van der Waals surface area contributed by atoms with E-state index in [4.69, 9.17) is 4.74 Å². The molecule has 1 atom stereocenters. The molecule has 1 N–H and O–H groups in total. The van der Waals surface area contributed by atoms with E-state index < -0.39 is 5.97 Å². The number of hydrogen-bond acceptors (Lipinski definition) is 5. The van der Waals surface area contributed by atoms with Crippen molar-refractivity contribution >= 4 is 40.5 Å². The highest BCUT2D eigenvalue weighted by Gasteiger charge is 2.30. The van der Waals surface area contributed by atoms with Crippen molar-refractivity contribution in [3.05, 3.63) is 45.6 Å². The molecule has 2 amide bonds. The van der Waals surface area contributed by atoms with Crippen molar-refractivity contribution in [3.8, 4) is 0 Å². The van der Waals surface area contributed by atoms with Crippen LogP contribution in [0.15, 0.2) is 30.3 Å². The van der Waals surface area contributed by atoms with Crippen LogP contribution in [0.5, 0.6) is 0 Å². The van der Waals surface area contributed by atoms with E-state index in [-0.39, 0.29) is 30.9 Å². The standard InChI is InChI=1S/C20H22N2O4S/c1-4-16-12(2)9-17(27-16)20(25)26-11-19(24)22-13(3)10-18(23)21-14-7-5-6-8-15(14)22/h5-9,13H,4,10-11H2,1-3H3,(H,21,23). The van der Waals surface area contributed by atoms with Crippen LogP contribution in [0.25, 0.3) is 0 Å². The molecule has 27 heavy (non-hydrogen) atoms. The van der Waals surface area contributed by atoms with E-state index in [1.165, 1.54) is 16.2 Å². The molecule has 6 nitrogen and oxygen atoms in total. The molecule has 2 aromatic rings. The number of thiophene rings is 1. The van der Waals surface area contributed by atoms with Gasteiger partial charge in [0.25, 0.3) is 5.91 Å². The number of rotatable bonds is 4. The van der Waals surface area contributed by atoms with E-state index in [0.29, 0.717) is 16.3 Å². The zero-order chi connectivity index (χ0) is 19.6. The van der Waals surface area contributed by atoms with Gasteiger partial charge in [-0.3, -0.25) is 9.59 Å². The second kappa shape index (κ2) is 7.92. The minimum atomic E-state index is -0.499. The van der Waals surface area contributed by atoms with Gasteiger partial charge in [0.2, 0.25) is 5.91 Å². The average molecular weight is 386 g/mol. The Morgan fingerprint density at radius 1 is 1.33 bits per heavy atom. The second-order valence-electron chi connectivity index (χ2n) is 6.53. The summed E-state index contributed by atoms with van der Waals surface area (Å²) < 4.78 is 5.26. The molecule has 142 valence electrons.